The van der Waals surface area contributed by atoms with Gasteiger partial charge in [0.25, 0.3) is 0 Å². The second-order valence-electron chi connectivity index (χ2n) is 4.26. The lowest BCUT2D eigenvalue weighted by molar-refractivity contribution is -0.141. The lowest BCUT2D eigenvalue weighted by atomic mass is 10.1. The van der Waals surface area contributed by atoms with Crippen molar-refractivity contribution in [3.05, 3.63) is 29.8 Å². The Morgan fingerprint density at radius 3 is 2.53 bits per heavy atom. The van der Waals surface area contributed by atoms with Crippen LogP contribution in [0.3, 0.4) is 0 Å². The van der Waals surface area contributed by atoms with Crippen LogP contribution in [0.15, 0.2) is 23.1 Å². The number of hydrogen-bond donors (Lipinski definition) is 1. The van der Waals surface area contributed by atoms with Gasteiger partial charge in [0, 0.05) is 13.1 Å². The van der Waals surface area contributed by atoms with Crippen LogP contribution in [0.25, 0.3) is 0 Å². The zero-order chi connectivity index (χ0) is 14.2. The molecule has 2 rings (SSSR count). The van der Waals surface area contributed by atoms with Crippen LogP contribution in [0.1, 0.15) is 6.42 Å². The third-order valence-electron chi connectivity index (χ3n) is 3.03. The van der Waals surface area contributed by atoms with Gasteiger partial charge in [-0.05, 0) is 24.6 Å². The SMILES string of the molecule is O=C(O)C1CCN(S(=O)(=O)c2ccc(F)c(F)c2)C1. The second-order valence-corrected chi connectivity index (χ2v) is 6.20. The Balaban J connectivity index is 2.28. The summed E-state index contributed by atoms with van der Waals surface area (Å²) in [5.41, 5.74) is 0. The minimum Gasteiger partial charge on any atom is -0.481 e. The summed E-state index contributed by atoms with van der Waals surface area (Å²) in [4.78, 5) is 10.4. The largest absolute Gasteiger partial charge is 0.481 e. The zero-order valence-electron chi connectivity index (χ0n) is 9.71. The first kappa shape index (κ1) is 13.9. The molecule has 104 valence electrons. The van der Waals surface area contributed by atoms with E-state index in [4.69, 9.17) is 5.11 Å². The Bertz CT molecular complexity index is 617. The number of carbonyl (C=O) groups is 1. The van der Waals surface area contributed by atoms with Gasteiger partial charge >= 0.3 is 5.97 Å². The molecule has 0 spiro atoms. The van der Waals surface area contributed by atoms with Gasteiger partial charge in [-0.15, -0.1) is 0 Å². The fourth-order valence-electron chi connectivity index (χ4n) is 1.93. The maximum Gasteiger partial charge on any atom is 0.307 e. The third kappa shape index (κ3) is 2.59. The van der Waals surface area contributed by atoms with Crippen molar-refractivity contribution in [1.29, 1.82) is 0 Å². The molecule has 8 heteroatoms. The molecule has 19 heavy (non-hydrogen) atoms. The maximum atomic E-state index is 13.0. The average molecular weight is 291 g/mol. The highest BCUT2D eigenvalue weighted by Crippen LogP contribution is 2.25. The standard InChI is InChI=1S/C11H11F2NO4S/c12-9-2-1-8(5-10(9)13)19(17,18)14-4-3-7(6-14)11(15)16/h1-2,5,7H,3-4,6H2,(H,15,16). The smallest absolute Gasteiger partial charge is 0.307 e. The van der Waals surface area contributed by atoms with Crippen LogP contribution >= 0.6 is 0 Å². The van der Waals surface area contributed by atoms with E-state index < -0.39 is 33.5 Å². The second kappa shape index (κ2) is 4.86. The first-order valence-electron chi connectivity index (χ1n) is 5.50. The predicted molar refractivity (Wildman–Crippen MR) is 60.9 cm³/mol. The predicted octanol–water partition coefficient (Wildman–Crippen LogP) is 1.06. The van der Waals surface area contributed by atoms with Crippen molar-refractivity contribution in [1.82, 2.24) is 4.31 Å². The van der Waals surface area contributed by atoms with Crippen LogP contribution < -0.4 is 0 Å². The van der Waals surface area contributed by atoms with Gasteiger partial charge in [0.2, 0.25) is 10.0 Å². The van der Waals surface area contributed by atoms with Crippen LogP contribution in [0.5, 0.6) is 0 Å². The molecule has 1 saturated heterocycles. The summed E-state index contributed by atoms with van der Waals surface area (Å²) in [6.45, 7) is -0.102. The Hall–Kier alpha value is -1.54. The van der Waals surface area contributed by atoms with Gasteiger partial charge in [0.15, 0.2) is 11.6 Å². The van der Waals surface area contributed by atoms with Crippen molar-refractivity contribution in [2.75, 3.05) is 13.1 Å². The number of carboxylic acid groups (broad SMARTS) is 1. The Kier molecular flexibility index (Phi) is 3.55. The normalized spacial score (nSPS) is 20.6. The molecule has 0 amide bonds. The van der Waals surface area contributed by atoms with Gasteiger partial charge in [-0.1, -0.05) is 0 Å². The van der Waals surface area contributed by atoms with Crippen LogP contribution in [0.4, 0.5) is 8.78 Å². The van der Waals surface area contributed by atoms with Crippen molar-refractivity contribution in [3.63, 3.8) is 0 Å². The molecule has 1 fully saturated rings. The van der Waals surface area contributed by atoms with Gasteiger partial charge in [0.05, 0.1) is 10.8 Å². The number of nitrogens with zero attached hydrogens (tertiary/aromatic N) is 1. The summed E-state index contributed by atoms with van der Waals surface area (Å²) in [5, 5.41) is 8.82. The van der Waals surface area contributed by atoms with Gasteiger partial charge < -0.3 is 5.11 Å². The van der Waals surface area contributed by atoms with Crippen LogP contribution in [-0.2, 0) is 14.8 Å². The number of aliphatic carboxylic acids is 1. The number of benzene rings is 1. The number of rotatable bonds is 3. The summed E-state index contributed by atoms with van der Waals surface area (Å²) in [6, 6.07) is 2.29. The molecule has 1 N–H and O–H groups in total. The number of sulfonamides is 1. The summed E-state index contributed by atoms with van der Waals surface area (Å²) in [7, 11) is -3.98. The molecule has 0 aromatic heterocycles. The van der Waals surface area contributed by atoms with Gasteiger partial charge in [0.1, 0.15) is 0 Å². The molecule has 1 heterocycles. The minimum absolute atomic E-state index is 0.0539. The van der Waals surface area contributed by atoms with E-state index in [1.807, 2.05) is 0 Å². The van der Waals surface area contributed by atoms with Crippen LogP contribution in [0, 0.1) is 17.6 Å². The average Bonchev–Trinajstić information content (AvgIpc) is 2.82. The van der Waals surface area contributed by atoms with Crippen molar-refractivity contribution >= 4 is 16.0 Å². The van der Waals surface area contributed by atoms with E-state index in [2.05, 4.69) is 0 Å². The molecule has 0 saturated carbocycles. The van der Waals surface area contributed by atoms with E-state index >= 15 is 0 Å². The van der Waals surface area contributed by atoms with Crippen molar-refractivity contribution in [2.24, 2.45) is 5.92 Å². The van der Waals surface area contributed by atoms with Crippen LogP contribution in [-0.4, -0.2) is 36.9 Å². The zero-order valence-corrected chi connectivity index (χ0v) is 10.5. The first-order chi connectivity index (χ1) is 8.82. The highest BCUT2D eigenvalue weighted by Gasteiger charge is 2.36. The minimum atomic E-state index is -3.98. The fraction of sp³-hybridized carbons (Fsp3) is 0.364. The monoisotopic (exact) mass is 291 g/mol. The quantitative estimate of drug-likeness (QED) is 0.903. The fourth-order valence-corrected chi connectivity index (χ4v) is 3.45. The molecule has 1 aromatic carbocycles. The molecule has 1 aliphatic rings. The van der Waals surface area contributed by atoms with E-state index in [1.165, 1.54) is 0 Å². The molecule has 0 aliphatic carbocycles. The lowest BCUT2D eigenvalue weighted by Crippen LogP contribution is -2.30. The van der Waals surface area contributed by atoms with E-state index in [9.17, 15) is 22.0 Å². The molecule has 1 aromatic rings. The highest BCUT2D eigenvalue weighted by molar-refractivity contribution is 7.89. The van der Waals surface area contributed by atoms with Gasteiger partial charge in [-0.3, -0.25) is 4.79 Å². The van der Waals surface area contributed by atoms with Crippen molar-refractivity contribution < 1.29 is 27.1 Å². The summed E-state index contributed by atoms with van der Waals surface area (Å²) in [6.07, 6.45) is 0.207. The third-order valence-corrected chi connectivity index (χ3v) is 4.89. The van der Waals surface area contributed by atoms with E-state index in [1.54, 1.807) is 0 Å². The summed E-state index contributed by atoms with van der Waals surface area (Å²) >= 11 is 0. The van der Waals surface area contributed by atoms with Gasteiger partial charge in [-0.2, -0.15) is 4.31 Å². The Morgan fingerprint density at radius 2 is 2.00 bits per heavy atom. The molecule has 1 unspecified atom stereocenters. The lowest BCUT2D eigenvalue weighted by Gasteiger charge is -2.15. The summed E-state index contributed by atoms with van der Waals surface area (Å²) in [5.74, 6) is -4.22. The maximum absolute atomic E-state index is 13.0. The first-order valence-corrected chi connectivity index (χ1v) is 6.94. The Morgan fingerprint density at radius 1 is 1.32 bits per heavy atom. The van der Waals surface area contributed by atoms with E-state index in [-0.39, 0.29) is 24.4 Å². The topological polar surface area (TPSA) is 74.7 Å². The molecule has 5 nitrogen and oxygen atoms in total. The van der Waals surface area contributed by atoms with Crippen LogP contribution in [0.2, 0.25) is 0 Å². The molecule has 1 atom stereocenters. The van der Waals surface area contributed by atoms with Gasteiger partial charge in [-0.25, -0.2) is 17.2 Å². The Labute approximate surface area is 108 Å². The molecule has 0 radical (unpaired) electrons. The summed E-state index contributed by atoms with van der Waals surface area (Å²) < 4.78 is 51.0. The molecule has 0 bridgehead atoms. The van der Waals surface area contributed by atoms with E-state index in [0.29, 0.717) is 6.07 Å². The highest BCUT2D eigenvalue weighted by atomic mass is 32.2. The molecule has 1 aliphatic heterocycles. The van der Waals surface area contributed by atoms with Crippen molar-refractivity contribution in [2.45, 2.75) is 11.3 Å². The number of halogens is 2. The number of hydrogen-bond acceptors (Lipinski definition) is 3. The molecular weight excluding hydrogens is 280 g/mol. The number of carboxylic acids is 1. The molecular formula is C11H11F2NO4S. The van der Waals surface area contributed by atoms with E-state index in [0.717, 1.165) is 16.4 Å². The van der Waals surface area contributed by atoms with Crippen molar-refractivity contribution in [3.8, 4) is 0 Å².